The summed E-state index contributed by atoms with van der Waals surface area (Å²) >= 11 is 0. The highest BCUT2D eigenvalue weighted by molar-refractivity contribution is 7.89. The lowest BCUT2D eigenvalue weighted by Crippen LogP contribution is -2.47. The van der Waals surface area contributed by atoms with Crippen molar-refractivity contribution in [1.82, 2.24) is 10.0 Å². The zero-order valence-electron chi connectivity index (χ0n) is 14.7. The first-order valence-electron chi connectivity index (χ1n) is 7.95. The molecule has 1 amide bonds. The molecule has 148 valence electrons. The van der Waals surface area contributed by atoms with Gasteiger partial charge in [0, 0.05) is 31.8 Å². The Hall–Kier alpha value is -1.75. The summed E-state index contributed by atoms with van der Waals surface area (Å²) in [5, 5.41) is 13.4. The van der Waals surface area contributed by atoms with Crippen molar-refractivity contribution in [2.45, 2.75) is 31.6 Å². The van der Waals surface area contributed by atoms with Crippen LogP contribution in [0.3, 0.4) is 0 Å². The van der Waals surface area contributed by atoms with E-state index < -0.39 is 20.4 Å². The first-order valence-corrected chi connectivity index (χ1v) is 9.43. The molecule has 4 N–H and O–H groups in total. The van der Waals surface area contributed by atoms with Gasteiger partial charge in [0.25, 0.3) is 5.69 Å². The lowest BCUT2D eigenvalue weighted by atomic mass is 9.81. The Labute approximate surface area is 159 Å². The zero-order valence-corrected chi connectivity index (χ0v) is 16.4. The van der Waals surface area contributed by atoms with Gasteiger partial charge in [0.1, 0.15) is 0 Å². The summed E-state index contributed by atoms with van der Waals surface area (Å²) in [5.41, 5.74) is 4.73. The van der Waals surface area contributed by atoms with Gasteiger partial charge >= 0.3 is 0 Å². The van der Waals surface area contributed by atoms with E-state index >= 15 is 0 Å². The molecule has 0 bridgehead atoms. The maximum Gasteiger partial charge on any atom is 0.270 e. The summed E-state index contributed by atoms with van der Waals surface area (Å²) in [4.78, 5) is 22.1. The number of hydrogen-bond donors (Lipinski definition) is 3. The van der Waals surface area contributed by atoms with Gasteiger partial charge in [-0.3, -0.25) is 14.9 Å². The molecule has 1 aromatic carbocycles. The topological polar surface area (TPSA) is 144 Å². The molecule has 0 aliphatic rings. The molecule has 0 saturated heterocycles. The van der Waals surface area contributed by atoms with Gasteiger partial charge in [-0.25, -0.2) is 13.1 Å². The van der Waals surface area contributed by atoms with Crippen molar-refractivity contribution < 1.29 is 18.1 Å². The van der Waals surface area contributed by atoms with E-state index in [9.17, 15) is 23.3 Å². The van der Waals surface area contributed by atoms with Gasteiger partial charge in [-0.05, 0) is 18.9 Å². The number of nitro groups is 1. The Morgan fingerprint density at radius 1 is 1.27 bits per heavy atom. The SMILES string of the molecule is CCC(CC)(CN)C(=O)NCCNS(=O)(=O)c1cccc([N+](=O)[O-])c1.Cl. The first kappa shape index (κ1) is 24.2. The van der Waals surface area contributed by atoms with Crippen LogP contribution >= 0.6 is 12.4 Å². The van der Waals surface area contributed by atoms with Crippen LogP contribution in [0.2, 0.25) is 0 Å². The Morgan fingerprint density at radius 2 is 1.88 bits per heavy atom. The molecule has 0 atom stereocenters. The van der Waals surface area contributed by atoms with E-state index in [-0.39, 0.29) is 48.5 Å². The van der Waals surface area contributed by atoms with E-state index in [4.69, 9.17) is 5.73 Å². The number of sulfonamides is 1. The van der Waals surface area contributed by atoms with E-state index in [1.807, 2.05) is 13.8 Å². The fraction of sp³-hybridized carbons (Fsp3) is 0.533. The zero-order chi connectivity index (χ0) is 19.1. The molecule has 0 heterocycles. The molecule has 1 rings (SSSR count). The van der Waals surface area contributed by atoms with Crippen LogP contribution in [0.15, 0.2) is 29.2 Å². The number of halogens is 1. The lowest BCUT2D eigenvalue weighted by Gasteiger charge is -2.28. The average molecular weight is 409 g/mol. The van der Waals surface area contributed by atoms with Crippen LogP contribution in [0, 0.1) is 15.5 Å². The third-order valence-corrected chi connectivity index (χ3v) is 5.73. The fourth-order valence-corrected chi connectivity index (χ4v) is 3.42. The van der Waals surface area contributed by atoms with Crippen LogP contribution in [0.4, 0.5) is 5.69 Å². The largest absolute Gasteiger partial charge is 0.354 e. The van der Waals surface area contributed by atoms with Gasteiger partial charge in [-0.15, -0.1) is 12.4 Å². The van der Waals surface area contributed by atoms with E-state index in [1.165, 1.54) is 18.2 Å². The molecule has 0 radical (unpaired) electrons. The second kappa shape index (κ2) is 10.4. The molecule has 26 heavy (non-hydrogen) atoms. The molecule has 0 aliphatic heterocycles. The maximum absolute atomic E-state index is 12.2. The number of carbonyl (C=O) groups excluding carboxylic acids is 1. The van der Waals surface area contributed by atoms with Gasteiger partial charge in [0.05, 0.1) is 15.2 Å². The molecule has 0 aliphatic carbocycles. The van der Waals surface area contributed by atoms with Crippen LogP contribution in [0.25, 0.3) is 0 Å². The van der Waals surface area contributed by atoms with Crippen LogP contribution in [0.5, 0.6) is 0 Å². The van der Waals surface area contributed by atoms with Crippen molar-refractivity contribution in [2.24, 2.45) is 11.1 Å². The molecular formula is C15H25ClN4O5S. The Kier molecular flexibility index (Phi) is 9.71. The van der Waals surface area contributed by atoms with Crippen molar-refractivity contribution >= 4 is 34.0 Å². The van der Waals surface area contributed by atoms with Crippen LogP contribution in [0.1, 0.15) is 26.7 Å². The molecule has 1 aromatic rings. The van der Waals surface area contributed by atoms with Crippen molar-refractivity contribution in [2.75, 3.05) is 19.6 Å². The number of nitro benzene ring substituents is 1. The number of nitrogens with zero attached hydrogens (tertiary/aromatic N) is 1. The highest BCUT2D eigenvalue weighted by Crippen LogP contribution is 2.24. The van der Waals surface area contributed by atoms with E-state index in [1.54, 1.807) is 0 Å². The third-order valence-electron chi connectivity index (χ3n) is 4.27. The Balaban J connectivity index is 0.00000625. The fourth-order valence-electron chi connectivity index (χ4n) is 2.35. The van der Waals surface area contributed by atoms with Crippen molar-refractivity contribution in [3.05, 3.63) is 34.4 Å². The summed E-state index contributed by atoms with van der Waals surface area (Å²) in [6.45, 7) is 4.02. The molecule has 11 heteroatoms. The minimum Gasteiger partial charge on any atom is -0.354 e. The summed E-state index contributed by atoms with van der Waals surface area (Å²) in [6.07, 6.45) is 1.18. The maximum atomic E-state index is 12.2. The quantitative estimate of drug-likeness (QED) is 0.301. The number of nitrogens with two attached hydrogens (primary N) is 1. The van der Waals surface area contributed by atoms with Gasteiger partial charge in [0.15, 0.2) is 0 Å². The van der Waals surface area contributed by atoms with Crippen LogP contribution < -0.4 is 15.8 Å². The first-order chi connectivity index (χ1) is 11.7. The smallest absolute Gasteiger partial charge is 0.270 e. The van der Waals surface area contributed by atoms with E-state index in [2.05, 4.69) is 10.0 Å². The van der Waals surface area contributed by atoms with Gasteiger partial charge < -0.3 is 11.1 Å². The minimum absolute atomic E-state index is 0. The van der Waals surface area contributed by atoms with Crippen LogP contribution in [-0.4, -0.2) is 38.9 Å². The second-order valence-electron chi connectivity index (χ2n) is 5.60. The monoisotopic (exact) mass is 408 g/mol. The summed E-state index contributed by atoms with van der Waals surface area (Å²) in [7, 11) is -3.90. The second-order valence-corrected chi connectivity index (χ2v) is 7.37. The van der Waals surface area contributed by atoms with Gasteiger partial charge in [-0.1, -0.05) is 19.9 Å². The van der Waals surface area contributed by atoms with Crippen molar-refractivity contribution in [3.8, 4) is 0 Å². The number of amides is 1. The third kappa shape index (κ3) is 5.90. The van der Waals surface area contributed by atoms with E-state index in [0.717, 1.165) is 6.07 Å². The van der Waals surface area contributed by atoms with Crippen LogP contribution in [-0.2, 0) is 14.8 Å². The molecule has 0 aromatic heterocycles. The molecule has 0 spiro atoms. The molecule has 0 saturated carbocycles. The summed E-state index contributed by atoms with van der Waals surface area (Å²) < 4.78 is 26.6. The van der Waals surface area contributed by atoms with Crippen molar-refractivity contribution in [1.29, 1.82) is 0 Å². The Bertz CT molecular complexity index is 714. The number of rotatable bonds is 10. The molecule has 0 unspecified atom stereocenters. The minimum atomic E-state index is -3.90. The van der Waals surface area contributed by atoms with E-state index in [0.29, 0.717) is 12.8 Å². The number of benzene rings is 1. The summed E-state index contributed by atoms with van der Waals surface area (Å²) in [6, 6.07) is 4.75. The normalized spacial score (nSPS) is 11.5. The molecular weight excluding hydrogens is 384 g/mol. The average Bonchev–Trinajstić information content (AvgIpc) is 2.61. The standard InChI is InChI=1S/C15H24N4O5S.ClH/c1-3-15(4-2,11-16)14(20)17-8-9-18-25(23,24)13-7-5-6-12(10-13)19(21)22;/h5-7,10,18H,3-4,8-9,11,16H2,1-2H3,(H,17,20);1H. The number of non-ortho nitro benzene ring substituents is 1. The highest BCUT2D eigenvalue weighted by atomic mass is 35.5. The van der Waals surface area contributed by atoms with Gasteiger partial charge in [-0.2, -0.15) is 0 Å². The lowest BCUT2D eigenvalue weighted by molar-refractivity contribution is -0.385. The van der Waals surface area contributed by atoms with Crippen molar-refractivity contribution in [3.63, 3.8) is 0 Å². The number of hydrogen-bond acceptors (Lipinski definition) is 6. The summed E-state index contributed by atoms with van der Waals surface area (Å²) in [5.74, 6) is -0.213. The Morgan fingerprint density at radius 3 is 2.38 bits per heavy atom. The molecule has 0 fully saturated rings. The van der Waals surface area contributed by atoms with Gasteiger partial charge in [0.2, 0.25) is 15.9 Å². The number of carbonyl (C=O) groups is 1. The molecule has 9 nitrogen and oxygen atoms in total. The number of nitrogens with one attached hydrogen (secondary N) is 2. The predicted octanol–water partition coefficient (Wildman–Crippen LogP) is 1.18. The highest BCUT2D eigenvalue weighted by Gasteiger charge is 2.32. The predicted molar refractivity (Wildman–Crippen MR) is 101 cm³/mol.